The van der Waals surface area contributed by atoms with E-state index >= 15 is 0 Å². The summed E-state index contributed by atoms with van der Waals surface area (Å²) in [5, 5.41) is 25.1. The molecule has 11 heteroatoms. The number of aliphatic hydroxyl groups excluding tert-OH is 1. The molecule has 2 heterocycles. The molecule has 0 spiro atoms. The molecule has 1 atom stereocenters. The van der Waals surface area contributed by atoms with Crippen molar-refractivity contribution in [2.75, 3.05) is 19.1 Å². The van der Waals surface area contributed by atoms with Gasteiger partial charge in [-0.25, -0.2) is 23.3 Å². The molecule has 1 N–H and O–H groups in total. The van der Waals surface area contributed by atoms with Crippen LogP contribution in [-0.4, -0.2) is 38.9 Å². The first kappa shape index (κ1) is 30.2. The molecular formula is C35H28F2N6O3. The fraction of sp³-hybridized carbons (Fsp3) is 0.143. The fourth-order valence-corrected chi connectivity index (χ4v) is 5.12. The highest BCUT2D eigenvalue weighted by molar-refractivity contribution is 5.71. The molecule has 230 valence electrons. The molecule has 6 aromatic rings. The summed E-state index contributed by atoms with van der Waals surface area (Å²) < 4.78 is 41.5. The van der Waals surface area contributed by atoms with Crippen molar-refractivity contribution in [1.29, 1.82) is 5.26 Å². The molecule has 2 aromatic heterocycles. The second kappa shape index (κ2) is 13.0. The van der Waals surface area contributed by atoms with Crippen molar-refractivity contribution in [3.8, 4) is 28.8 Å². The lowest BCUT2D eigenvalue weighted by molar-refractivity contribution is 0.199. The second-order valence-electron chi connectivity index (χ2n) is 10.5. The number of halogens is 2. The first-order chi connectivity index (χ1) is 22.4. The van der Waals surface area contributed by atoms with Crippen LogP contribution in [0.3, 0.4) is 0 Å². The van der Waals surface area contributed by atoms with E-state index in [0.717, 1.165) is 23.3 Å². The Kier molecular flexibility index (Phi) is 8.54. The summed E-state index contributed by atoms with van der Waals surface area (Å²) in [6.45, 7) is 0.764. The van der Waals surface area contributed by atoms with Crippen molar-refractivity contribution in [2.45, 2.75) is 19.2 Å². The Morgan fingerprint density at radius 1 is 0.848 bits per heavy atom. The van der Waals surface area contributed by atoms with Crippen molar-refractivity contribution < 1.29 is 23.4 Å². The molecule has 9 nitrogen and oxygen atoms in total. The van der Waals surface area contributed by atoms with Crippen LogP contribution in [0.5, 0.6) is 11.5 Å². The van der Waals surface area contributed by atoms with Crippen LogP contribution in [0.2, 0.25) is 0 Å². The van der Waals surface area contributed by atoms with Crippen LogP contribution in [0.25, 0.3) is 16.9 Å². The van der Waals surface area contributed by atoms with Crippen molar-refractivity contribution in [3.63, 3.8) is 0 Å². The minimum Gasteiger partial charge on any atom is -0.497 e. The molecule has 0 fully saturated rings. The fourth-order valence-electron chi connectivity index (χ4n) is 5.12. The molecule has 0 saturated heterocycles. The molecule has 0 bridgehead atoms. The van der Waals surface area contributed by atoms with E-state index in [2.05, 4.69) is 16.2 Å². The van der Waals surface area contributed by atoms with Gasteiger partial charge in [0.05, 0.1) is 43.3 Å². The quantitative estimate of drug-likeness (QED) is 0.192. The number of nitrogens with zero attached hydrogens (tertiary/aromatic N) is 6. The summed E-state index contributed by atoms with van der Waals surface area (Å²) in [5.41, 5.74) is 3.15. The van der Waals surface area contributed by atoms with E-state index in [1.54, 1.807) is 38.6 Å². The number of rotatable bonds is 10. The Morgan fingerprint density at radius 2 is 1.43 bits per heavy atom. The second-order valence-corrected chi connectivity index (χ2v) is 10.5. The van der Waals surface area contributed by atoms with Gasteiger partial charge in [-0.3, -0.25) is 0 Å². The van der Waals surface area contributed by atoms with Gasteiger partial charge in [0, 0.05) is 18.7 Å². The van der Waals surface area contributed by atoms with Crippen molar-refractivity contribution in [1.82, 2.24) is 19.6 Å². The van der Waals surface area contributed by atoms with E-state index in [-0.39, 0.29) is 11.5 Å². The van der Waals surface area contributed by atoms with Gasteiger partial charge in [0.1, 0.15) is 29.2 Å². The van der Waals surface area contributed by atoms with Gasteiger partial charge in [-0.05, 0) is 59.7 Å². The number of methoxy groups -OCH3 is 2. The average molecular weight is 619 g/mol. The number of hydrogen-bond donors (Lipinski definition) is 1. The summed E-state index contributed by atoms with van der Waals surface area (Å²) in [7, 11) is 3.20. The molecule has 0 amide bonds. The molecule has 4 aromatic carbocycles. The minimum absolute atomic E-state index is 0.205. The van der Waals surface area contributed by atoms with Gasteiger partial charge >= 0.3 is 0 Å². The standard InChI is InChI=1S/C35H28F2N6O3/c1-45-26-13-9-22(10-14-26)19-42(20-23-11-15-27(46-2)16-12-23)34-35-40-33(32(44)31-28(36)7-4-8-29(31)37)41-43(35)21-30(39-34)25-6-3-5-24(17-25)18-38/h3-17,21,32,44H,19-20H2,1-2H3. The van der Waals surface area contributed by atoms with Crippen LogP contribution in [0.4, 0.5) is 14.6 Å². The van der Waals surface area contributed by atoms with Crippen LogP contribution < -0.4 is 14.4 Å². The molecule has 6 rings (SSSR count). The highest BCUT2D eigenvalue weighted by Gasteiger charge is 2.26. The van der Waals surface area contributed by atoms with Crippen molar-refractivity contribution in [3.05, 3.63) is 137 Å². The van der Waals surface area contributed by atoms with Gasteiger partial charge in [0.2, 0.25) is 0 Å². The Balaban J connectivity index is 1.53. The highest BCUT2D eigenvalue weighted by atomic mass is 19.1. The van der Waals surface area contributed by atoms with E-state index < -0.39 is 23.3 Å². The van der Waals surface area contributed by atoms with E-state index in [1.807, 2.05) is 59.5 Å². The Bertz CT molecular complexity index is 1970. The number of aliphatic hydroxyl groups is 1. The molecule has 0 aliphatic rings. The topological polar surface area (TPSA) is 109 Å². The first-order valence-corrected chi connectivity index (χ1v) is 14.3. The number of ether oxygens (including phenoxy) is 2. The number of nitriles is 1. The lowest BCUT2D eigenvalue weighted by Gasteiger charge is -2.25. The van der Waals surface area contributed by atoms with Gasteiger partial charge in [0.25, 0.3) is 0 Å². The van der Waals surface area contributed by atoms with E-state index in [4.69, 9.17) is 14.5 Å². The van der Waals surface area contributed by atoms with Gasteiger partial charge in [0.15, 0.2) is 17.3 Å². The van der Waals surface area contributed by atoms with E-state index in [1.165, 1.54) is 10.6 Å². The maximum atomic E-state index is 14.7. The molecule has 0 saturated carbocycles. The number of anilines is 1. The molecule has 46 heavy (non-hydrogen) atoms. The summed E-state index contributed by atoms with van der Waals surface area (Å²) >= 11 is 0. The van der Waals surface area contributed by atoms with Gasteiger partial charge in [-0.15, -0.1) is 5.10 Å². The minimum atomic E-state index is -1.78. The van der Waals surface area contributed by atoms with Gasteiger partial charge in [-0.1, -0.05) is 42.5 Å². The summed E-state index contributed by atoms with van der Waals surface area (Å²) in [5.74, 6) is -0.224. The summed E-state index contributed by atoms with van der Waals surface area (Å²) in [4.78, 5) is 11.6. The maximum absolute atomic E-state index is 14.7. The van der Waals surface area contributed by atoms with E-state index in [0.29, 0.717) is 47.2 Å². The Hall–Kier alpha value is -5.86. The van der Waals surface area contributed by atoms with Gasteiger partial charge < -0.3 is 19.5 Å². The Labute approximate surface area is 263 Å². The van der Waals surface area contributed by atoms with Crippen molar-refractivity contribution in [2.24, 2.45) is 0 Å². The third kappa shape index (κ3) is 6.20. The number of hydrogen-bond acceptors (Lipinski definition) is 8. The summed E-state index contributed by atoms with van der Waals surface area (Å²) in [6, 6.07) is 27.7. The third-order valence-electron chi connectivity index (χ3n) is 7.49. The average Bonchev–Trinajstić information content (AvgIpc) is 3.53. The predicted octanol–water partition coefficient (Wildman–Crippen LogP) is 6.25. The van der Waals surface area contributed by atoms with Crippen LogP contribution in [0, 0.1) is 23.0 Å². The van der Waals surface area contributed by atoms with Crippen LogP contribution in [-0.2, 0) is 13.1 Å². The monoisotopic (exact) mass is 618 g/mol. The maximum Gasteiger partial charge on any atom is 0.198 e. The lowest BCUT2D eigenvalue weighted by atomic mass is 10.1. The van der Waals surface area contributed by atoms with Crippen LogP contribution in [0.15, 0.2) is 97.2 Å². The Morgan fingerprint density at radius 3 is 2.00 bits per heavy atom. The summed E-state index contributed by atoms with van der Waals surface area (Å²) in [6.07, 6.45) is -0.175. The zero-order chi connectivity index (χ0) is 32.2. The molecule has 0 aliphatic heterocycles. The first-order valence-electron chi connectivity index (χ1n) is 14.3. The SMILES string of the molecule is COc1ccc(CN(Cc2ccc(OC)cc2)c2nc(-c3cccc(C#N)c3)cn3nc(C(O)c4c(F)cccc4F)nc23)cc1. The third-order valence-corrected chi connectivity index (χ3v) is 7.49. The van der Waals surface area contributed by atoms with E-state index in [9.17, 15) is 19.1 Å². The molecule has 0 aliphatic carbocycles. The van der Waals surface area contributed by atoms with Gasteiger partial charge in [-0.2, -0.15) is 5.26 Å². The highest BCUT2D eigenvalue weighted by Crippen LogP contribution is 2.31. The largest absolute Gasteiger partial charge is 0.497 e. The van der Waals surface area contributed by atoms with Crippen LogP contribution in [0.1, 0.15) is 34.2 Å². The molecule has 1 unspecified atom stereocenters. The number of benzene rings is 4. The molecule has 0 radical (unpaired) electrons. The van der Waals surface area contributed by atoms with Crippen molar-refractivity contribution >= 4 is 11.5 Å². The molecular weight excluding hydrogens is 590 g/mol. The van der Waals surface area contributed by atoms with Crippen LogP contribution >= 0.6 is 0 Å². The smallest absolute Gasteiger partial charge is 0.198 e. The number of fused-ring (bicyclic) bond motifs is 1. The normalized spacial score (nSPS) is 11.7. The lowest BCUT2D eigenvalue weighted by Crippen LogP contribution is -2.24. The zero-order valence-corrected chi connectivity index (χ0v) is 24.9. The zero-order valence-electron chi connectivity index (χ0n) is 24.9. The number of aromatic nitrogens is 4. The predicted molar refractivity (Wildman–Crippen MR) is 167 cm³/mol.